The van der Waals surface area contributed by atoms with E-state index >= 15 is 0 Å². The molecule has 0 aliphatic carbocycles. The molecule has 3 rings (SSSR count). The molecule has 0 unspecified atom stereocenters. The van der Waals surface area contributed by atoms with E-state index in [1.165, 1.54) is 6.26 Å². The van der Waals surface area contributed by atoms with Gasteiger partial charge in [0.25, 0.3) is 0 Å². The van der Waals surface area contributed by atoms with Gasteiger partial charge in [0.2, 0.25) is 0 Å². The molecule has 19 heavy (non-hydrogen) atoms. The van der Waals surface area contributed by atoms with Crippen LogP contribution in [0.2, 0.25) is 0 Å². The first-order chi connectivity index (χ1) is 9.27. The average Bonchev–Trinajstić information content (AvgIpc) is 2.97. The van der Waals surface area contributed by atoms with Crippen LogP contribution < -0.4 is 11.4 Å². The Morgan fingerprint density at radius 2 is 1.84 bits per heavy atom. The van der Waals surface area contributed by atoms with Crippen LogP contribution in [0.4, 0.5) is 0 Å². The maximum atomic E-state index is 12.1. The highest BCUT2D eigenvalue weighted by Crippen LogP contribution is 2.16. The number of nitrogens with zero attached hydrogens (tertiary/aromatic N) is 3. The second kappa shape index (κ2) is 4.41. The third-order valence-corrected chi connectivity index (χ3v) is 2.68. The molecule has 0 fully saturated rings. The summed E-state index contributed by atoms with van der Waals surface area (Å²) in [5, 5.41) is 7.89. The SMILES string of the molecule is Nn1c(-c2ccccc2)nnc(-c2ccco2)c1=O. The summed E-state index contributed by atoms with van der Waals surface area (Å²) in [6.45, 7) is 0. The van der Waals surface area contributed by atoms with E-state index in [-0.39, 0.29) is 5.69 Å². The molecule has 6 nitrogen and oxygen atoms in total. The van der Waals surface area contributed by atoms with Crippen molar-refractivity contribution < 1.29 is 4.42 Å². The van der Waals surface area contributed by atoms with Gasteiger partial charge < -0.3 is 10.3 Å². The third kappa shape index (κ3) is 1.89. The van der Waals surface area contributed by atoms with Gasteiger partial charge in [-0.2, -0.15) is 0 Å². The lowest BCUT2D eigenvalue weighted by atomic mass is 10.2. The Labute approximate surface area is 108 Å². The van der Waals surface area contributed by atoms with Crippen LogP contribution in [0.25, 0.3) is 22.8 Å². The fourth-order valence-electron chi connectivity index (χ4n) is 1.75. The van der Waals surface area contributed by atoms with Crippen molar-refractivity contribution in [3.05, 3.63) is 59.1 Å². The van der Waals surface area contributed by atoms with Crippen molar-refractivity contribution in [1.29, 1.82) is 0 Å². The van der Waals surface area contributed by atoms with Gasteiger partial charge in [-0.3, -0.25) is 4.79 Å². The fourth-order valence-corrected chi connectivity index (χ4v) is 1.75. The van der Waals surface area contributed by atoms with Gasteiger partial charge in [-0.05, 0) is 12.1 Å². The highest BCUT2D eigenvalue weighted by atomic mass is 16.3. The number of nitrogens with two attached hydrogens (primary N) is 1. The molecule has 0 radical (unpaired) electrons. The van der Waals surface area contributed by atoms with Crippen LogP contribution in [-0.2, 0) is 0 Å². The predicted molar refractivity (Wildman–Crippen MR) is 69.6 cm³/mol. The lowest BCUT2D eigenvalue weighted by molar-refractivity contribution is 0.576. The molecule has 0 spiro atoms. The summed E-state index contributed by atoms with van der Waals surface area (Å²) >= 11 is 0. The molecular formula is C13H10N4O2. The van der Waals surface area contributed by atoms with Crippen LogP contribution in [0.15, 0.2) is 57.9 Å². The number of rotatable bonds is 2. The molecule has 0 atom stereocenters. The van der Waals surface area contributed by atoms with E-state index < -0.39 is 5.56 Å². The van der Waals surface area contributed by atoms with Gasteiger partial charge in [-0.25, -0.2) is 4.68 Å². The molecule has 1 aromatic carbocycles. The van der Waals surface area contributed by atoms with Crippen LogP contribution >= 0.6 is 0 Å². The fraction of sp³-hybridized carbons (Fsp3) is 0. The summed E-state index contributed by atoms with van der Waals surface area (Å²) < 4.78 is 6.10. The molecule has 2 aromatic heterocycles. The number of hydrogen-bond donors (Lipinski definition) is 1. The van der Waals surface area contributed by atoms with Crippen LogP contribution in [0.1, 0.15) is 0 Å². The Bertz CT molecular complexity index is 748. The Morgan fingerprint density at radius 1 is 1.05 bits per heavy atom. The summed E-state index contributed by atoms with van der Waals surface area (Å²) in [5.74, 6) is 6.43. The smallest absolute Gasteiger partial charge is 0.302 e. The van der Waals surface area contributed by atoms with Crippen molar-refractivity contribution in [3.8, 4) is 22.8 Å². The number of nitrogen functional groups attached to an aromatic ring is 1. The Morgan fingerprint density at radius 3 is 2.53 bits per heavy atom. The van der Waals surface area contributed by atoms with E-state index in [0.29, 0.717) is 11.6 Å². The molecule has 0 saturated carbocycles. The van der Waals surface area contributed by atoms with E-state index in [1.54, 1.807) is 24.3 Å². The van der Waals surface area contributed by atoms with Crippen molar-refractivity contribution in [1.82, 2.24) is 14.9 Å². The molecule has 0 aliphatic rings. The average molecular weight is 254 g/mol. The van der Waals surface area contributed by atoms with E-state index in [4.69, 9.17) is 10.3 Å². The largest absolute Gasteiger partial charge is 0.462 e. The van der Waals surface area contributed by atoms with E-state index in [1.807, 2.05) is 18.2 Å². The molecule has 2 heterocycles. The van der Waals surface area contributed by atoms with Gasteiger partial charge in [-0.1, -0.05) is 30.3 Å². The molecule has 2 N–H and O–H groups in total. The number of hydrogen-bond acceptors (Lipinski definition) is 5. The zero-order valence-corrected chi connectivity index (χ0v) is 9.85. The van der Waals surface area contributed by atoms with Crippen molar-refractivity contribution >= 4 is 0 Å². The first kappa shape index (κ1) is 11.2. The lowest BCUT2D eigenvalue weighted by Gasteiger charge is -2.06. The van der Waals surface area contributed by atoms with E-state index in [2.05, 4.69) is 10.2 Å². The maximum absolute atomic E-state index is 12.1. The van der Waals surface area contributed by atoms with Crippen molar-refractivity contribution in [2.45, 2.75) is 0 Å². The van der Waals surface area contributed by atoms with Crippen LogP contribution in [0.5, 0.6) is 0 Å². The topological polar surface area (TPSA) is 86.9 Å². The minimum atomic E-state index is -0.455. The zero-order valence-electron chi connectivity index (χ0n) is 9.85. The quantitative estimate of drug-likeness (QED) is 0.696. The standard InChI is InChI=1S/C13H10N4O2/c14-17-12(9-5-2-1-3-6-9)16-15-11(13(17)18)10-7-4-8-19-10/h1-8H,14H2. The molecule has 0 bridgehead atoms. The second-order valence-corrected chi connectivity index (χ2v) is 3.89. The van der Waals surface area contributed by atoms with Gasteiger partial charge in [0, 0.05) is 5.56 Å². The van der Waals surface area contributed by atoms with E-state index in [0.717, 1.165) is 10.2 Å². The highest BCUT2D eigenvalue weighted by molar-refractivity contribution is 5.57. The van der Waals surface area contributed by atoms with Gasteiger partial charge in [0.15, 0.2) is 17.3 Å². The number of furan rings is 1. The molecule has 0 aliphatic heterocycles. The summed E-state index contributed by atoms with van der Waals surface area (Å²) in [6, 6.07) is 12.5. The minimum Gasteiger partial charge on any atom is -0.462 e. The Hall–Kier alpha value is -2.89. The van der Waals surface area contributed by atoms with E-state index in [9.17, 15) is 4.79 Å². The van der Waals surface area contributed by atoms with Crippen molar-refractivity contribution in [3.63, 3.8) is 0 Å². The summed E-state index contributed by atoms with van der Waals surface area (Å²) in [6.07, 6.45) is 1.46. The normalized spacial score (nSPS) is 10.5. The summed E-state index contributed by atoms with van der Waals surface area (Å²) in [4.78, 5) is 12.1. The molecule has 0 amide bonds. The molecule has 0 saturated heterocycles. The monoisotopic (exact) mass is 254 g/mol. The van der Waals surface area contributed by atoms with Crippen LogP contribution in [0.3, 0.4) is 0 Å². The Balaban J connectivity index is 2.17. The van der Waals surface area contributed by atoms with Gasteiger partial charge in [0.1, 0.15) is 0 Å². The van der Waals surface area contributed by atoms with Crippen LogP contribution in [-0.4, -0.2) is 14.9 Å². The summed E-state index contributed by atoms with van der Waals surface area (Å²) in [5.41, 5.74) is 0.358. The zero-order chi connectivity index (χ0) is 13.2. The lowest BCUT2D eigenvalue weighted by Crippen LogP contribution is -2.32. The van der Waals surface area contributed by atoms with Gasteiger partial charge in [0.05, 0.1) is 6.26 Å². The number of benzene rings is 1. The molecule has 3 aromatic rings. The maximum Gasteiger partial charge on any atom is 0.302 e. The molecule has 6 heteroatoms. The van der Waals surface area contributed by atoms with Gasteiger partial charge in [-0.15, -0.1) is 10.2 Å². The first-order valence-electron chi connectivity index (χ1n) is 5.61. The van der Waals surface area contributed by atoms with Crippen molar-refractivity contribution in [2.75, 3.05) is 5.84 Å². The third-order valence-electron chi connectivity index (χ3n) is 2.68. The number of aromatic nitrogens is 3. The van der Waals surface area contributed by atoms with Crippen LogP contribution in [0, 0.1) is 0 Å². The summed E-state index contributed by atoms with van der Waals surface area (Å²) in [7, 11) is 0. The molecule has 94 valence electrons. The second-order valence-electron chi connectivity index (χ2n) is 3.89. The first-order valence-corrected chi connectivity index (χ1v) is 5.61. The van der Waals surface area contributed by atoms with Gasteiger partial charge >= 0.3 is 5.56 Å². The minimum absolute atomic E-state index is 0.0900. The predicted octanol–water partition coefficient (Wildman–Crippen LogP) is 1.28. The Kier molecular flexibility index (Phi) is 2.60. The highest BCUT2D eigenvalue weighted by Gasteiger charge is 2.14. The van der Waals surface area contributed by atoms with Crippen molar-refractivity contribution in [2.24, 2.45) is 0 Å². The molecular weight excluding hydrogens is 244 g/mol.